The van der Waals surface area contributed by atoms with Crippen LogP contribution >= 0.6 is 0 Å². The van der Waals surface area contributed by atoms with Crippen molar-refractivity contribution in [3.63, 3.8) is 0 Å². The Labute approximate surface area is 132 Å². The second-order valence-electron chi connectivity index (χ2n) is 6.23. The van der Waals surface area contributed by atoms with E-state index in [-0.39, 0.29) is 17.9 Å². The Hall–Kier alpha value is -1.88. The van der Waals surface area contributed by atoms with Crippen molar-refractivity contribution in [2.75, 3.05) is 20.8 Å². The first-order valence-corrected chi connectivity index (χ1v) is 7.23. The number of amides is 1. The maximum absolute atomic E-state index is 11.8. The zero-order valence-electron chi connectivity index (χ0n) is 13.9. The number of nitrogens with one attached hydrogen (secondary N) is 1. The summed E-state index contributed by atoms with van der Waals surface area (Å²) in [5.41, 5.74) is 2.25. The summed E-state index contributed by atoms with van der Waals surface area (Å²) in [6.45, 7) is 6.34. The molecule has 1 aromatic rings. The third-order valence-corrected chi connectivity index (χ3v) is 3.36. The molecule has 0 radical (unpaired) electrons. The van der Waals surface area contributed by atoms with Gasteiger partial charge in [-0.05, 0) is 16.5 Å². The lowest BCUT2D eigenvalue weighted by atomic mass is 9.86. The molecule has 0 heterocycles. The first kappa shape index (κ1) is 18.2. The van der Waals surface area contributed by atoms with Crippen LogP contribution < -0.4 is 5.32 Å². The van der Waals surface area contributed by atoms with Gasteiger partial charge in [0.25, 0.3) is 0 Å². The van der Waals surface area contributed by atoms with Crippen LogP contribution in [-0.4, -0.2) is 38.7 Å². The van der Waals surface area contributed by atoms with Crippen LogP contribution in [0, 0.1) is 0 Å². The van der Waals surface area contributed by atoms with Gasteiger partial charge in [-0.3, -0.25) is 4.79 Å². The van der Waals surface area contributed by atoms with E-state index >= 15 is 0 Å². The average Bonchev–Trinajstić information content (AvgIpc) is 2.45. The second-order valence-corrected chi connectivity index (χ2v) is 6.23. The summed E-state index contributed by atoms with van der Waals surface area (Å²) < 4.78 is 9.50. The molecule has 1 atom stereocenters. The standard InChI is InChI=1S/C17H25NO4/c1-17(2,3)13-8-6-12(7-9-13)10-14(16(20)22-5)18-15(19)11-21-4/h6-9,14H,10-11H2,1-5H3,(H,18,19)/t14-/m1/s1. The molecule has 22 heavy (non-hydrogen) atoms. The van der Waals surface area contributed by atoms with Crippen molar-refractivity contribution in [1.29, 1.82) is 0 Å². The highest BCUT2D eigenvalue weighted by molar-refractivity contribution is 5.85. The van der Waals surface area contributed by atoms with E-state index in [1.807, 2.05) is 24.3 Å². The van der Waals surface area contributed by atoms with Crippen LogP contribution in [0.1, 0.15) is 31.9 Å². The summed E-state index contributed by atoms with van der Waals surface area (Å²) in [6.07, 6.45) is 0.381. The van der Waals surface area contributed by atoms with Crippen LogP contribution in [0.3, 0.4) is 0 Å². The minimum absolute atomic E-state index is 0.0764. The van der Waals surface area contributed by atoms with Gasteiger partial charge in [0.05, 0.1) is 7.11 Å². The number of hydrogen-bond donors (Lipinski definition) is 1. The van der Waals surface area contributed by atoms with E-state index in [1.54, 1.807) is 0 Å². The number of benzene rings is 1. The van der Waals surface area contributed by atoms with Crippen LogP contribution in [0.5, 0.6) is 0 Å². The lowest BCUT2D eigenvalue weighted by Crippen LogP contribution is -2.44. The molecule has 5 nitrogen and oxygen atoms in total. The van der Waals surface area contributed by atoms with Crippen LogP contribution in [0.4, 0.5) is 0 Å². The number of carbonyl (C=O) groups is 2. The summed E-state index contributed by atoms with van der Waals surface area (Å²) in [4.78, 5) is 23.4. The number of esters is 1. The van der Waals surface area contributed by atoms with Crippen LogP contribution in [-0.2, 0) is 30.9 Å². The molecule has 0 saturated carbocycles. The smallest absolute Gasteiger partial charge is 0.328 e. The number of carbonyl (C=O) groups excluding carboxylic acids is 2. The van der Waals surface area contributed by atoms with Gasteiger partial charge in [-0.1, -0.05) is 45.0 Å². The molecule has 1 N–H and O–H groups in total. The Balaban J connectivity index is 2.81. The summed E-state index contributed by atoms with van der Waals surface area (Å²) in [6, 6.07) is 7.31. The van der Waals surface area contributed by atoms with E-state index in [0.29, 0.717) is 6.42 Å². The van der Waals surface area contributed by atoms with Gasteiger partial charge in [-0.15, -0.1) is 0 Å². The van der Waals surface area contributed by atoms with Crippen molar-refractivity contribution in [3.05, 3.63) is 35.4 Å². The fraction of sp³-hybridized carbons (Fsp3) is 0.529. The topological polar surface area (TPSA) is 64.6 Å². The summed E-state index contributed by atoms with van der Waals surface area (Å²) in [7, 11) is 2.73. The van der Waals surface area contributed by atoms with Crippen LogP contribution in [0.2, 0.25) is 0 Å². The minimum Gasteiger partial charge on any atom is -0.467 e. The van der Waals surface area contributed by atoms with E-state index in [2.05, 4.69) is 26.1 Å². The molecule has 1 aromatic carbocycles. The lowest BCUT2D eigenvalue weighted by Gasteiger charge is -2.20. The largest absolute Gasteiger partial charge is 0.467 e. The summed E-state index contributed by atoms with van der Waals surface area (Å²) >= 11 is 0. The maximum atomic E-state index is 11.8. The van der Waals surface area contributed by atoms with Crippen molar-refractivity contribution >= 4 is 11.9 Å². The highest BCUT2D eigenvalue weighted by Gasteiger charge is 2.22. The first-order chi connectivity index (χ1) is 10.3. The van der Waals surface area contributed by atoms with E-state index in [4.69, 9.17) is 9.47 Å². The molecule has 5 heteroatoms. The fourth-order valence-corrected chi connectivity index (χ4v) is 2.08. The third-order valence-electron chi connectivity index (χ3n) is 3.36. The molecule has 0 bridgehead atoms. The molecular formula is C17H25NO4. The molecule has 0 aliphatic heterocycles. The predicted octanol–water partition coefficient (Wildman–Crippen LogP) is 1.83. The van der Waals surface area contributed by atoms with Crippen molar-refractivity contribution in [2.24, 2.45) is 0 Å². The second kappa shape index (κ2) is 7.94. The number of rotatable bonds is 6. The van der Waals surface area contributed by atoms with E-state index in [9.17, 15) is 9.59 Å². The van der Waals surface area contributed by atoms with Crippen molar-refractivity contribution in [1.82, 2.24) is 5.32 Å². The molecule has 122 valence electrons. The monoisotopic (exact) mass is 307 g/mol. The SMILES string of the molecule is COCC(=O)N[C@H](Cc1ccc(C(C)(C)C)cc1)C(=O)OC. The molecule has 0 aliphatic carbocycles. The Kier molecular flexibility index (Phi) is 6.56. The Morgan fingerprint density at radius 3 is 2.18 bits per heavy atom. The number of ether oxygens (including phenoxy) is 2. The summed E-state index contributed by atoms with van der Waals surface area (Å²) in [5.74, 6) is -0.812. The van der Waals surface area contributed by atoms with Crippen molar-refractivity contribution in [3.8, 4) is 0 Å². The van der Waals surface area contributed by atoms with Gasteiger partial charge >= 0.3 is 5.97 Å². The zero-order valence-corrected chi connectivity index (χ0v) is 13.9. The molecule has 0 fully saturated rings. The molecule has 1 rings (SSSR count). The van der Waals surface area contributed by atoms with Gasteiger partial charge in [-0.2, -0.15) is 0 Å². The molecular weight excluding hydrogens is 282 g/mol. The minimum atomic E-state index is -0.715. The van der Waals surface area contributed by atoms with Gasteiger partial charge in [0.2, 0.25) is 5.91 Å². The predicted molar refractivity (Wildman–Crippen MR) is 84.7 cm³/mol. The van der Waals surface area contributed by atoms with E-state index < -0.39 is 12.0 Å². The van der Waals surface area contributed by atoms with Crippen LogP contribution in [0.15, 0.2) is 24.3 Å². The highest BCUT2D eigenvalue weighted by atomic mass is 16.5. The van der Waals surface area contributed by atoms with E-state index in [1.165, 1.54) is 19.8 Å². The molecule has 0 saturated heterocycles. The van der Waals surface area contributed by atoms with Gasteiger partial charge in [0.1, 0.15) is 12.6 Å². The highest BCUT2D eigenvalue weighted by Crippen LogP contribution is 2.22. The normalized spacial score (nSPS) is 12.6. The first-order valence-electron chi connectivity index (χ1n) is 7.23. The summed E-state index contributed by atoms with van der Waals surface area (Å²) in [5, 5.41) is 2.62. The third kappa shape index (κ3) is 5.48. The van der Waals surface area contributed by atoms with Crippen molar-refractivity contribution < 1.29 is 19.1 Å². The fourth-order valence-electron chi connectivity index (χ4n) is 2.08. The number of hydrogen-bond acceptors (Lipinski definition) is 4. The van der Waals surface area contributed by atoms with Gasteiger partial charge < -0.3 is 14.8 Å². The number of methoxy groups -OCH3 is 2. The van der Waals surface area contributed by atoms with Gasteiger partial charge in [0, 0.05) is 13.5 Å². The quantitative estimate of drug-likeness (QED) is 0.814. The Morgan fingerprint density at radius 2 is 1.73 bits per heavy atom. The molecule has 0 aromatic heterocycles. The van der Waals surface area contributed by atoms with E-state index in [0.717, 1.165) is 5.56 Å². The van der Waals surface area contributed by atoms with Crippen LogP contribution in [0.25, 0.3) is 0 Å². The van der Waals surface area contributed by atoms with Gasteiger partial charge in [-0.25, -0.2) is 4.79 Å². The Morgan fingerprint density at radius 1 is 1.14 bits per heavy atom. The molecule has 1 amide bonds. The zero-order chi connectivity index (χ0) is 16.8. The molecule has 0 unspecified atom stereocenters. The molecule has 0 aliphatic rings. The maximum Gasteiger partial charge on any atom is 0.328 e. The lowest BCUT2D eigenvalue weighted by molar-refractivity contribution is -0.145. The Bertz CT molecular complexity index is 502. The van der Waals surface area contributed by atoms with Gasteiger partial charge in [0.15, 0.2) is 0 Å². The molecule has 0 spiro atoms. The van der Waals surface area contributed by atoms with Crippen molar-refractivity contribution in [2.45, 2.75) is 38.6 Å². The average molecular weight is 307 g/mol.